The molecule has 1 aromatic carbocycles. The molecule has 5 nitrogen and oxygen atoms in total. The molecule has 2 heterocycles. The summed E-state index contributed by atoms with van der Waals surface area (Å²) in [6.45, 7) is 10.9. The van der Waals surface area contributed by atoms with E-state index < -0.39 is 0 Å². The molecule has 0 unspecified atom stereocenters. The number of fused-ring (bicyclic) bond motifs is 4. The van der Waals surface area contributed by atoms with Crippen LogP contribution in [0.15, 0.2) is 22.2 Å². The summed E-state index contributed by atoms with van der Waals surface area (Å²) in [7, 11) is 0. The largest absolute Gasteiger partial charge is 0.368 e. The smallest absolute Gasteiger partial charge is 0.170 e. The Hall–Kier alpha value is -2.36. The number of halogens is 1. The molecule has 0 radical (unpaired) electrons. The van der Waals surface area contributed by atoms with Gasteiger partial charge in [-0.3, -0.25) is 4.79 Å². The fourth-order valence-corrected chi connectivity index (χ4v) is 6.32. The molecule has 0 bridgehead atoms. The molecule has 5 rings (SSSR count). The van der Waals surface area contributed by atoms with Crippen molar-refractivity contribution in [1.82, 2.24) is 10.3 Å². The first-order chi connectivity index (χ1) is 14.7. The fourth-order valence-electron chi connectivity index (χ4n) is 5.68. The number of Topliss-reactive ketones (excluding diaryl/α,β-unsaturated/α-hetero) is 1. The van der Waals surface area contributed by atoms with Gasteiger partial charge >= 0.3 is 0 Å². The van der Waals surface area contributed by atoms with Crippen molar-refractivity contribution in [2.45, 2.75) is 58.0 Å². The van der Waals surface area contributed by atoms with E-state index >= 15 is 0 Å². The maximum absolute atomic E-state index is 12.9. The number of anilines is 1. The topological polar surface area (TPSA) is 71.9 Å². The lowest BCUT2D eigenvalue weighted by molar-refractivity contribution is 0.0992. The highest BCUT2D eigenvalue weighted by molar-refractivity contribution is 9.10. The van der Waals surface area contributed by atoms with Crippen molar-refractivity contribution in [3.8, 4) is 6.07 Å². The summed E-state index contributed by atoms with van der Waals surface area (Å²) in [6, 6.07) is 7.62. The minimum atomic E-state index is -0.262. The van der Waals surface area contributed by atoms with Gasteiger partial charge in [-0.2, -0.15) is 5.26 Å². The van der Waals surface area contributed by atoms with Crippen LogP contribution in [0.1, 0.15) is 72.6 Å². The molecule has 1 aromatic heterocycles. The number of ketones is 1. The van der Waals surface area contributed by atoms with E-state index in [1.54, 1.807) is 0 Å². The summed E-state index contributed by atoms with van der Waals surface area (Å²) in [6.07, 6.45) is 2.78. The van der Waals surface area contributed by atoms with Gasteiger partial charge in [0.15, 0.2) is 5.78 Å². The van der Waals surface area contributed by atoms with Crippen LogP contribution in [0.4, 0.5) is 5.69 Å². The van der Waals surface area contributed by atoms with E-state index in [0.717, 1.165) is 46.5 Å². The first kappa shape index (κ1) is 20.5. The third kappa shape index (κ3) is 3.18. The summed E-state index contributed by atoms with van der Waals surface area (Å²) in [5.74, 6) is 0.0466. The number of H-pyrrole nitrogens is 1. The first-order valence-corrected chi connectivity index (χ1v) is 11.7. The molecule has 0 spiro atoms. The molecule has 2 N–H and O–H groups in total. The summed E-state index contributed by atoms with van der Waals surface area (Å²) < 4.78 is 1.11. The molecule has 3 aliphatic rings. The van der Waals surface area contributed by atoms with Crippen LogP contribution < -0.4 is 10.2 Å². The summed E-state index contributed by atoms with van der Waals surface area (Å²) >= 11 is 3.84. The lowest BCUT2D eigenvalue weighted by Gasteiger charge is -2.40. The number of benzene rings is 1. The van der Waals surface area contributed by atoms with E-state index in [1.807, 2.05) is 6.08 Å². The van der Waals surface area contributed by atoms with E-state index in [-0.39, 0.29) is 17.6 Å². The quantitative estimate of drug-likeness (QED) is 0.623. The lowest BCUT2D eigenvalue weighted by Crippen LogP contribution is -2.54. The van der Waals surface area contributed by atoms with Crippen LogP contribution in [-0.2, 0) is 11.8 Å². The van der Waals surface area contributed by atoms with E-state index in [9.17, 15) is 10.1 Å². The van der Waals surface area contributed by atoms with Gasteiger partial charge in [0, 0.05) is 64.7 Å². The molecule has 1 fully saturated rings. The Labute approximate surface area is 191 Å². The molecule has 2 aliphatic carbocycles. The minimum Gasteiger partial charge on any atom is -0.368 e. The Morgan fingerprint density at radius 1 is 1.19 bits per heavy atom. The van der Waals surface area contributed by atoms with Crippen molar-refractivity contribution in [3.63, 3.8) is 0 Å². The number of rotatable bonds is 1. The standard InChI is InChI=1S/C25H27BrN4O/c1-13-11-30(12-14(2)28-13)21-9-18-16(8-19(21)26)7-17-23-20(29-24(17)25(18,3)4)5-15(10-27)6-22(23)31/h5,8-9,13-14,28-29H,6-7,11-12H2,1-4H3/t13-,14+. The van der Waals surface area contributed by atoms with Crippen molar-refractivity contribution in [2.24, 2.45) is 0 Å². The van der Waals surface area contributed by atoms with Crippen LogP contribution in [0.2, 0.25) is 0 Å². The molecule has 1 aliphatic heterocycles. The van der Waals surface area contributed by atoms with Gasteiger partial charge < -0.3 is 15.2 Å². The zero-order valence-corrected chi connectivity index (χ0v) is 20.0. The number of nitrogens with zero attached hydrogens (tertiary/aromatic N) is 2. The van der Waals surface area contributed by atoms with Crippen LogP contribution in [0.25, 0.3) is 6.08 Å². The first-order valence-electron chi connectivity index (χ1n) is 10.9. The Kier molecular flexibility index (Phi) is 4.69. The van der Waals surface area contributed by atoms with Gasteiger partial charge in [0.25, 0.3) is 0 Å². The number of aromatic amines is 1. The Bertz CT molecular complexity index is 1170. The van der Waals surface area contributed by atoms with E-state index in [2.05, 4.69) is 77.0 Å². The molecule has 2 aromatic rings. The van der Waals surface area contributed by atoms with Crippen LogP contribution in [0.5, 0.6) is 0 Å². The van der Waals surface area contributed by atoms with Crippen molar-refractivity contribution in [1.29, 1.82) is 5.26 Å². The van der Waals surface area contributed by atoms with Crippen molar-refractivity contribution in [3.05, 3.63) is 55.8 Å². The Balaban J connectivity index is 1.62. The molecule has 6 heteroatoms. The number of nitrogens with one attached hydrogen (secondary N) is 2. The number of carbonyl (C=O) groups is 1. The average molecular weight is 479 g/mol. The van der Waals surface area contributed by atoms with Crippen molar-refractivity contribution < 1.29 is 4.79 Å². The molecule has 31 heavy (non-hydrogen) atoms. The van der Waals surface area contributed by atoms with E-state index in [0.29, 0.717) is 17.7 Å². The predicted octanol–water partition coefficient (Wildman–Crippen LogP) is 4.69. The van der Waals surface area contributed by atoms with Gasteiger partial charge in [0.05, 0.1) is 17.5 Å². The van der Waals surface area contributed by atoms with Gasteiger partial charge in [0.2, 0.25) is 0 Å². The zero-order valence-electron chi connectivity index (χ0n) is 18.4. The van der Waals surface area contributed by atoms with Gasteiger partial charge in [-0.1, -0.05) is 13.8 Å². The molecular formula is C25H27BrN4O. The fraction of sp³-hybridized carbons (Fsp3) is 0.440. The number of hydrogen-bond acceptors (Lipinski definition) is 4. The second kappa shape index (κ2) is 7.08. The monoisotopic (exact) mass is 478 g/mol. The number of allylic oxidation sites excluding steroid dienone is 1. The molecule has 2 atom stereocenters. The molecule has 0 amide bonds. The van der Waals surface area contributed by atoms with Gasteiger partial charge in [-0.25, -0.2) is 0 Å². The van der Waals surface area contributed by atoms with E-state index in [1.165, 1.54) is 16.8 Å². The summed E-state index contributed by atoms with van der Waals surface area (Å²) in [5.41, 5.74) is 7.82. The Morgan fingerprint density at radius 2 is 1.90 bits per heavy atom. The normalized spacial score (nSPS) is 24.1. The number of hydrogen-bond donors (Lipinski definition) is 2. The van der Waals surface area contributed by atoms with Crippen LogP contribution in [-0.4, -0.2) is 35.9 Å². The van der Waals surface area contributed by atoms with Gasteiger partial charge in [-0.05, 0) is 64.7 Å². The number of aromatic nitrogens is 1. The second-order valence-electron chi connectivity index (χ2n) is 9.78. The van der Waals surface area contributed by atoms with Gasteiger partial charge in [-0.15, -0.1) is 0 Å². The zero-order chi connectivity index (χ0) is 22.1. The van der Waals surface area contributed by atoms with Crippen LogP contribution >= 0.6 is 15.9 Å². The second-order valence-corrected chi connectivity index (χ2v) is 10.6. The maximum atomic E-state index is 12.9. The molecule has 0 saturated carbocycles. The lowest BCUT2D eigenvalue weighted by atomic mass is 9.71. The van der Waals surface area contributed by atoms with Crippen molar-refractivity contribution in [2.75, 3.05) is 18.0 Å². The number of carbonyl (C=O) groups excluding carboxylic acids is 1. The third-order valence-electron chi connectivity index (χ3n) is 6.96. The van der Waals surface area contributed by atoms with Gasteiger partial charge in [0.1, 0.15) is 0 Å². The SMILES string of the molecule is C[C@@H]1CN(c2cc3c(cc2Br)Cc2c([nH]c4c2C(=O)CC(C#N)=C4)C3(C)C)C[C@H](C)N1. The molecule has 1 saturated heterocycles. The summed E-state index contributed by atoms with van der Waals surface area (Å²) in [4.78, 5) is 18.9. The summed E-state index contributed by atoms with van der Waals surface area (Å²) in [5, 5.41) is 12.9. The minimum absolute atomic E-state index is 0.0466. The van der Waals surface area contributed by atoms with Crippen LogP contribution in [0.3, 0.4) is 0 Å². The molecular weight excluding hydrogens is 452 g/mol. The highest BCUT2D eigenvalue weighted by atomic mass is 79.9. The number of nitriles is 1. The Morgan fingerprint density at radius 3 is 2.58 bits per heavy atom. The third-order valence-corrected chi connectivity index (χ3v) is 7.60. The average Bonchev–Trinajstić information content (AvgIpc) is 3.06. The van der Waals surface area contributed by atoms with E-state index in [4.69, 9.17) is 0 Å². The highest BCUT2D eigenvalue weighted by Gasteiger charge is 2.39. The van der Waals surface area contributed by atoms with Crippen LogP contribution in [0, 0.1) is 11.3 Å². The predicted molar refractivity (Wildman–Crippen MR) is 127 cm³/mol. The van der Waals surface area contributed by atoms with Crippen molar-refractivity contribution >= 4 is 33.5 Å². The highest BCUT2D eigenvalue weighted by Crippen LogP contribution is 2.47. The number of piperazine rings is 1. The molecule has 160 valence electrons. The maximum Gasteiger partial charge on any atom is 0.170 e.